The molecule has 1 fully saturated rings. The van der Waals surface area contributed by atoms with Crippen LogP contribution in [0.3, 0.4) is 0 Å². The number of aromatic nitrogens is 2. The number of carbonyl (C=O) groups is 1. The third-order valence-corrected chi connectivity index (χ3v) is 4.10. The normalized spacial score (nSPS) is 16.9. The quantitative estimate of drug-likeness (QED) is 0.830. The Morgan fingerprint density at radius 1 is 1.33 bits per heavy atom. The monoisotopic (exact) mass is 347 g/mol. The number of hydrogen-bond acceptors (Lipinski definition) is 5. The number of ether oxygens (including phenoxy) is 2. The Morgan fingerprint density at radius 2 is 2.08 bits per heavy atom. The van der Waals surface area contributed by atoms with Crippen molar-refractivity contribution in [1.82, 2.24) is 14.9 Å². The summed E-state index contributed by atoms with van der Waals surface area (Å²) < 4.78 is 11.0. The minimum absolute atomic E-state index is 0.0580. The maximum atomic E-state index is 12.5. The summed E-state index contributed by atoms with van der Waals surface area (Å²) in [5, 5.41) is 0.461. The number of para-hydroxylation sites is 1. The van der Waals surface area contributed by atoms with E-state index in [0.717, 1.165) is 17.7 Å². The molecule has 2 heterocycles. The lowest BCUT2D eigenvalue weighted by Gasteiger charge is -2.17. The van der Waals surface area contributed by atoms with Gasteiger partial charge < -0.3 is 14.4 Å². The summed E-state index contributed by atoms with van der Waals surface area (Å²) in [5.41, 5.74) is 0.885. The summed E-state index contributed by atoms with van der Waals surface area (Å²) in [6.45, 7) is 1.19. The van der Waals surface area contributed by atoms with Crippen LogP contribution in [-0.4, -0.2) is 47.1 Å². The van der Waals surface area contributed by atoms with Crippen molar-refractivity contribution < 1.29 is 14.3 Å². The van der Waals surface area contributed by atoms with Crippen LogP contribution in [0.1, 0.15) is 12.0 Å². The second-order valence-corrected chi connectivity index (χ2v) is 5.98. The first-order valence-corrected chi connectivity index (χ1v) is 8.07. The molecule has 126 valence electrons. The van der Waals surface area contributed by atoms with Gasteiger partial charge in [-0.2, -0.15) is 0 Å². The molecule has 0 radical (unpaired) electrons. The molecule has 1 aromatic heterocycles. The molecule has 0 saturated carbocycles. The minimum Gasteiger partial charge on any atom is -0.496 e. The molecular formula is C17H18ClN3O3. The fourth-order valence-electron chi connectivity index (χ4n) is 2.69. The van der Waals surface area contributed by atoms with E-state index in [1.54, 1.807) is 12.0 Å². The molecule has 2 aromatic rings. The van der Waals surface area contributed by atoms with E-state index in [-0.39, 0.29) is 18.0 Å². The number of nitrogens with zero attached hydrogens (tertiary/aromatic N) is 3. The van der Waals surface area contributed by atoms with E-state index in [2.05, 4.69) is 9.97 Å². The predicted molar refractivity (Wildman–Crippen MR) is 89.4 cm³/mol. The maximum absolute atomic E-state index is 12.5. The molecule has 1 aromatic carbocycles. The van der Waals surface area contributed by atoms with Gasteiger partial charge in [0.2, 0.25) is 5.91 Å². The summed E-state index contributed by atoms with van der Waals surface area (Å²) in [5.74, 6) is 0.787. The Hall–Kier alpha value is -2.34. The third-order valence-electron chi connectivity index (χ3n) is 3.90. The van der Waals surface area contributed by atoms with Crippen molar-refractivity contribution in [3.05, 3.63) is 47.2 Å². The molecule has 0 N–H and O–H groups in total. The maximum Gasteiger partial charge on any atom is 0.316 e. The molecular weight excluding hydrogens is 330 g/mol. The highest BCUT2D eigenvalue weighted by Crippen LogP contribution is 2.21. The van der Waals surface area contributed by atoms with Gasteiger partial charge in [-0.3, -0.25) is 4.79 Å². The smallest absolute Gasteiger partial charge is 0.316 e. The van der Waals surface area contributed by atoms with E-state index in [1.165, 1.54) is 12.4 Å². The third kappa shape index (κ3) is 3.94. The fraction of sp³-hybridized carbons (Fsp3) is 0.353. The van der Waals surface area contributed by atoms with Gasteiger partial charge in [-0.1, -0.05) is 29.8 Å². The van der Waals surface area contributed by atoms with Crippen LogP contribution in [0.5, 0.6) is 11.8 Å². The molecule has 6 nitrogen and oxygen atoms in total. The average Bonchev–Trinajstić information content (AvgIpc) is 3.06. The Bertz CT molecular complexity index is 708. The second-order valence-electron chi connectivity index (χ2n) is 5.54. The summed E-state index contributed by atoms with van der Waals surface area (Å²) in [4.78, 5) is 22.3. The van der Waals surface area contributed by atoms with Gasteiger partial charge in [0.05, 0.1) is 37.5 Å². The van der Waals surface area contributed by atoms with Gasteiger partial charge in [0.15, 0.2) is 0 Å². The van der Waals surface area contributed by atoms with Crippen LogP contribution in [-0.2, 0) is 11.2 Å². The Labute approximate surface area is 145 Å². The highest BCUT2D eigenvalue weighted by molar-refractivity contribution is 6.30. The van der Waals surface area contributed by atoms with Crippen LogP contribution in [0.4, 0.5) is 0 Å². The molecule has 24 heavy (non-hydrogen) atoms. The van der Waals surface area contributed by atoms with Crippen LogP contribution in [0, 0.1) is 0 Å². The summed E-state index contributed by atoms with van der Waals surface area (Å²) in [6, 6.07) is 7.83. The SMILES string of the molecule is COc1ccccc1CC(=O)N1CC[C@H](Oc2ncc(Cl)cn2)C1. The molecule has 0 unspecified atom stereocenters. The fourth-order valence-corrected chi connectivity index (χ4v) is 2.78. The number of hydrogen-bond donors (Lipinski definition) is 0. The Morgan fingerprint density at radius 3 is 2.83 bits per heavy atom. The minimum atomic E-state index is -0.104. The lowest BCUT2D eigenvalue weighted by atomic mass is 10.1. The van der Waals surface area contributed by atoms with Crippen LogP contribution < -0.4 is 9.47 Å². The first-order valence-electron chi connectivity index (χ1n) is 7.69. The summed E-state index contributed by atoms with van der Waals surface area (Å²) in [7, 11) is 1.61. The molecule has 7 heteroatoms. The van der Waals surface area contributed by atoms with Gasteiger partial charge in [-0.05, 0) is 6.07 Å². The van der Waals surface area contributed by atoms with Gasteiger partial charge in [-0.25, -0.2) is 9.97 Å². The van der Waals surface area contributed by atoms with E-state index in [1.807, 2.05) is 24.3 Å². The van der Waals surface area contributed by atoms with Crippen molar-refractivity contribution in [3.63, 3.8) is 0 Å². The first-order chi connectivity index (χ1) is 11.7. The molecule has 1 amide bonds. The Kier molecular flexibility index (Phi) is 5.15. The van der Waals surface area contributed by atoms with Crippen molar-refractivity contribution in [2.45, 2.75) is 18.9 Å². The number of amides is 1. The molecule has 0 aliphatic carbocycles. The van der Waals surface area contributed by atoms with Crippen LogP contribution in [0.2, 0.25) is 5.02 Å². The van der Waals surface area contributed by atoms with Crippen LogP contribution in [0.25, 0.3) is 0 Å². The number of halogens is 1. The van der Waals surface area contributed by atoms with E-state index in [9.17, 15) is 4.79 Å². The zero-order chi connectivity index (χ0) is 16.9. The van der Waals surface area contributed by atoms with Crippen molar-refractivity contribution in [2.24, 2.45) is 0 Å². The highest BCUT2D eigenvalue weighted by Gasteiger charge is 2.28. The second kappa shape index (κ2) is 7.49. The zero-order valence-corrected chi connectivity index (χ0v) is 14.1. The largest absolute Gasteiger partial charge is 0.496 e. The highest BCUT2D eigenvalue weighted by atomic mass is 35.5. The van der Waals surface area contributed by atoms with Crippen molar-refractivity contribution in [1.29, 1.82) is 0 Å². The average molecular weight is 348 g/mol. The number of methoxy groups -OCH3 is 1. The molecule has 1 aliphatic rings. The van der Waals surface area contributed by atoms with Gasteiger partial charge in [0, 0.05) is 18.5 Å². The predicted octanol–water partition coefficient (Wildman–Crippen LogP) is 2.36. The van der Waals surface area contributed by atoms with Crippen LogP contribution in [0.15, 0.2) is 36.7 Å². The van der Waals surface area contributed by atoms with Gasteiger partial charge in [0.25, 0.3) is 0 Å². The summed E-state index contributed by atoms with van der Waals surface area (Å²) in [6.07, 6.45) is 3.94. The zero-order valence-electron chi connectivity index (χ0n) is 13.3. The summed E-state index contributed by atoms with van der Waals surface area (Å²) >= 11 is 5.75. The molecule has 1 saturated heterocycles. The Balaban J connectivity index is 1.56. The number of carbonyl (C=O) groups excluding carboxylic acids is 1. The number of rotatable bonds is 5. The van der Waals surface area contributed by atoms with E-state index < -0.39 is 0 Å². The number of likely N-dealkylation sites (tertiary alicyclic amines) is 1. The molecule has 0 bridgehead atoms. The lowest BCUT2D eigenvalue weighted by Crippen LogP contribution is -2.32. The number of benzene rings is 1. The van der Waals surface area contributed by atoms with E-state index in [0.29, 0.717) is 24.5 Å². The van der Waals surface area contributed by atoms with Gasteiger partial charge in [0.1, 0.15) is 11.9 Å². The first kappa shape index (κ1) is 16.5. The molecule has 1 aliphatic heterocycles. The molecule has 3 rings (SSSR count). The van der Waals surface area contributed by atoms with Crippen molar-refractivity contribution >= 4 is 17.5 Å². The van der Waals surface area contributed by atoms with Gasteiger partial charge in [-0.15, -0.1) is 0 Å². The van der Waals surface area contributed by atoms with E-state index in [4.69, 9.17) is 21.1 Å². The molecule has 1 atom stereocenters. The van der Waals surface area contributed by atoms with E-state index >= 15 is 0 Å². The standard InChI is InChI=1S/C17H18ClN3O3/c1-23-15-5-3-2-4-12(15)8-16(22)21-7-6-14(11-21)24-17-19-9-13(18)10-20-17/h2-5,9-10,14H,6-8,11H2,1H3/t14-/m0/s1. The lowest BCUT2D eigenvalue weighted by molar-refractivity contribution is -0.129. The van der Waals surface area contributed by atoms with Crippen molar-refractivity contribution in [2.75, 3.05) is 20.2 Å². The van der Waals surface area contributed by atoms with Crippen LogP contribution >= 0.6 is 11.6 Å². The van der Waals surface area contributed by atoms with Crippen molar-refractivity contribution in [3.8, 4) is 11.8 Å². The molecule has 0 spiro atoms. The van der Waals surface area contributed by atoms with Gasteiger partial charge >= 0.3 is 6.01 Å². The topological polar surface area (TPSA) is 64.5 Å².